The number of fused-ring (bicyclic) bond motifs is 1. The highest BCUT2D eigenvalue weighted by Crippen LogP contribution is 2.43. The number of hydrogen-bond acceptors (Lipinski definition) is 4. The SMILES string of the molecule is CCc1cccc(CC)c1N1C(=NC(=O)[C@H](C)CC)S[C@H]2CS(=O)(=O)C[C@@H]21. The van der Waals surface area contributed by atoms with Gasteiger partial charge in [-0.3, -0.25) is 4.79 Å². The maximum atomic E-state index is 12.5. The van der Waals surface area contributed by atoms with E-state index in [-0.39, 0.29) is 34.6 Å². The lowest BCUT2D eigenvalue weighted by Crippen LogP contribution is -2.39. The molecule has 0 aliphatic carbocycles. The van der Waals surface area contributed by atoms with Crippen molar-refractivity contribution in [2.45, 2.75) is 58.2 Å². The van der Waals surface area contributed by atoms with E-state index >= 15 is 0 Å². The van der Waals surface area contributed by atoms with Gasteiger partial charge in [0.15, 0.2) is 15.0 Å². The van der Waals surface area contributed by atoms with Crippen LogP contribution in [-0.4, -0.2) is 42.3 Å². The smallest absolute Gasteiger partial charge is 0.250 e. The number of anilines is 1. The van der Waals surface area contributed by atoms with E-state index in [2.05, 4.69) is 35.9 Å². The first-order valence-electron chi connectivity index (χ1n) is 9.70. The van der Waals surface area contributed by atoms with Crippen molar-refractivity contribution in [3.8, 4) is 0 Å². The topological polar surface area (TPSA) is 66.8 Å². The molecule has 0 N–H and O–H groups in total. The summed E-state index contributed by atoms with van der Waals surface area (Å²) in [6, 6.07) is 6.07. The molecule has 1 aromatic rings. The standard InChI is InChI=1S/C20H28N2O3S2/c1-5-13(4)19(23)21-20-22(16-11-27(24,25)12-17(16)26-20)18-14(6-2)9-8-10-15(18)7-3/h8-10,13,16-17H,5-7,11-12H2,1-4H3/t13-,16+,17+/m1/s1. The van der Waals surface area contributed by atoms with E-state index in [0.29, 0.717) is 5.17 Å². The highest BCUT2D eigenvalue weighted by atomic mass is 32.2. The highest BCUT2D eigenvalue weighted by Gasteiger charge is 2.50. The zero-order valence-electron chi connectivity index (χ0n) is 16.4. The average molecular weight is 409 g/mol. The Kier molecular flexibility index (Phi) is 6.01. The Balaban J connectivity index is 2.12. The Labute approximate surface area is 166 Å². The van der Waals surface area contributed by atoms with Crippen molar-refractivity contribution >= 4 is 38.4 Å². The molecule has 3 rings (SSSR count). The molecule has 0 saturated carbocycles. The summed E-state index contributed by atoms with van der Waals surface area (Å²) in [4.78, 5) is 19.0. The van der Waals surface area contributed by atoms with E-state index in [4.69, 9.17) is 0 Å². The lowest BCUT2D eigenvalue weighted by Gasteiger charge is -2.29. The second-order valence-corrected chi connectivity index (χ2v) is 10.7. The van der Waals surface area contributed by atoms with Gasteiger partial charge in [-0.25, -0.2) is 8.42 Å². The Morgan fingerprint density at radius 1 is 1.22 bits per heavy atom. The summed E-state index contributed by atoms with van der Waals surface area (Å²) >= 11 is 1.46. The first kappa shape index (κ1) is 20.4. The van der Waals surface area contributed by atoms with Gasteiger partial charge in [-0.05, 0) is 30.4 Å². The van der Waals surface area contributed by atoms with Gasteiger partial charge in [0.1, 0.15) is 0 Å². The van der Waals surface area contributed by atoms with Crippen LogP contribution in [0.3, 0.4) is 0 Å². The number of thioether (sulfide) groups is 1. The van der Waals surface area contributed by atoms with Crippen LogP contribution in [0.5, 0.6) is 0 Å². The van der Waals surface area contributed by atoms with Gasteiger partial charge >= 0.3 is 0 Å². The molecule has 3 atom stereocenters. The molecule has 0 radical (unpaired) electrons. The quantitative estimate of drug-likeness (QED) is 0.746. The number of carbonyl (C=O) groups is 1. The molecule has 27 heavy (non-hydrogen) atoms. The zero-order valence-corrected chi connectivity index (χ0v) is 18.1. The fraction of sp³-hybridized carbons (Fsp3) is 0.600. The van der Waals surface area contributed by atoms with Crippen LogP contribution in [0.1, 0.15) is 45.2 Å². The van der Waals surface area contributed by atoms with Crippen LogP contribution in [-0.2, 0) is 27.5 Å². The van der Waals surface area contributed by atoms with Crippen molar-refractivity contribution in [2.75, 3.05) is 16.4 Å². The summed E-state index contributed by atoms with van der Waals surface area (Å²) < 4.78 is 24.5. The lowest BCUT2D eigenvalue weighted by molar-refractivity contribution is -0.121. The number of carbonyl (C=O) groups excluding carboxylic acids is 1. The van der Waals surface area contributed by atoms with Crippen molar-refractivity contribution in [3.63, 3.8) is 0 Å². The first-order chi connectivity index (χ1) is 12.8. The van der Waals surface area contributed by atoms with Gasteiger partial charge in [0.05, 0.1) is 17.5 Å². The van der Waals surface area contributed by atoms with Gasteiger partial charge in [0.25, 0.3) is 5.91 Å². The number of rotatable bonds is 5. The van der Waals surface area contributed by atoms with Gasteiger partial charge < -0.3 is 4.90 Å². The zero-order chi connectivity index (χ0) is 19.8. The highest BCUT2D eigenvalue weighted by molar-refractivity contribution is 8.16. The van der Waals surface area contributed by atoms with Crippen LogP contribution >= 0.6 is 11.8 Å². The van der Waals surface area contributed by atoms with Crippen molar-refractivity contribution in [1.29, 1.82) is 0 Å². The molecule has 0 spiro atoms. The van der Waals surface area contributed by atoms with E-state index in [1.54, 1.807) is 0 Å². The molecule has 2 aliphatic rings. The predicted octanol–water partition coefficient (Wildman–Crippen LogP) is 3.46. The summed E-state index contributed by atoms with van der Waals surface area (Å²) in [6.07, 6.45) is 2.44. The Bertz CT molecular complexity index is 842. The van der Waals surface area contributed by atoms with E-state index in [1.165, 1.54) is 22.9 Å². The molecule has 7 heteroatoms. The van der Waals surface area contributed by atoms with Crippen molar-refractivity contribution in [1.82, 2.24) is 0 Å². The number of amidine groups is 1. The molecule has 2 aliphatic heterocycles. The Morgan fingerprint density at radius 2 is 1.85 bits per heavy atom. The van der Waals surface area contributed by atoms with Crippen molar-refractivity contribution in [2.24, 2.45) is 10.9 Å². The molecular weight excluding hydrogens is 380 g/mol. The van der Waals surface area contributed by atoms with Crippen molar-refractivity contribution < 1.29 is 13.2 Å². The second-order valence-electron chi connectivity index (χ2n) is 7.34. The first-order valence-corrected chi connectivity index (χ1v) is 12.4. The molecule has 2 fully saturated rings. The van der Waals surface area contributed by atoms with E-state index in [0.717, 1.165) is 24.9 Å². The lowest BCUT2D eigenvalue weighted by atomic mass is 10.0. The molecule has 148 valence electrons. The maximum absolute atomic E-state index is 12.5. The van der Waals surface area contributed by atoms with Gasteiger partial charge in [-0.15, -0.1) is 0 Å². The molecule has 0 aromatic heterocycles. The largest absolute Gasteiger partial charge is 0.315 e. The third-order valence-electron chi connectivity index (χ3n) is 5.51. The van der Waals surface area contributed by atoms with Gasteiger partial charge in [0, 0.05) is 16.9 Å². The van der Waals surface area contributed by atoms with Crippen LogP contribution in [0.15, 0.2) is 23.2 Å². The van der Waals surface area contributed by atoms with Crippen molar-refractivity contribution in [3.05, 3.63) is 29.3 Å². The summed E-state index contributed by atoms with van der Waals surface area (Å²) in [6.45, 7) is 8.07. The van der Waals surface area contributed by atoms with Crippen LogP contribution in [0.2, 0.25) is 0 Å². The fourth-order valence-electron chi connectivity index (χ4n) is 3.73. The third-order valence-corrected chi connectivity index (χ3v) is 8.72. The van der Waals surface area contributed by atoms with E-state index in [9.17, 15) is 13.2 Å². The Morgan fingerprint density at radius 3 is 2.41 bits per heavy atom. The summed E-state index contributed by atoms with van der Waals surface area (Å²) in [5.74, 6) is 0.0316. The van der Waals surface area contributed by atoms with Gasteiger partial charge in [0.2, 0.25) is 0 Å². The molecule has 2 saturated heterocycles. The molecule has 1 aromatic carbocycles. The van der Waals surface area contributed by atoms with E-state index < -0.39 is 9.84 Å². The monoisotopic (exact) mass is 408 g/mol. The average Bonchev–Trinajstić information content (AvgIpc) is 3.10. The molecular formula is C20H28N2O3S2. The molecule has 1 amide bonds. The van der Waals surface area contributed by atoms with E-state index in [1.807, 2.05) is 19.9 Å². The number of hydrogen-bond donors (Lipinski definition) is 0. The fourth-order valence-corrected chi connectivity index (χ4v) is 7.63. The maximum Gasteiger partial charge on any atom is 0.250 e. The van der Waals surface area contributed by atoms with Gasteiger partial charge in [-0.1, -0.05) is 57.7 Å². The number of aliphatic imine (C=N–C) groups is 1. The Hall–Kier alpha value is -1.34. The summed E-state index contributed by atoms with van der Waals surface area (Å²) in [7, 11) is -3.06. The van der Waals surface area contributed by atoms with Crippen LogP contribution in [0.4, 0.5) is 5.69 Å². The number of amides is 1. The third kappa shape index (κ3) is 3.94. The number of para-hydroxylation sites is 1. The number of sulfone groups is 1. The summed E-state index contributed by atoms with van der Waals surface area (Å²) in [5.41, 5.74) is 3.39. The minimum absolute atomic E-state index is 0.0619. The second kappa shape index (κ2) is 7.95. The minimum Gasteiger partial charge on any atom is -0.315 e. The molecule has 0 bridgehead atoms. The number of benzene rings is 1. The summed E-state index contributed by atoms with van der Waals surface area (Å²) in [5, 5.41) is 0.605. The van der Waals surface area contributed by atoms with Crippen LogP contribution in [0, 0.1) is 5.92 Å². The van der Waals surface area contributed by atoms with Crippen LogP contribution in [0.25, 0.3) is 0 Å². The molecule has 2 heterocycles. The molecule has 0 unspecified atom stereocenters. The molecule has 5 nitrogen and oxygen atoms in total. The van der Waals surface area contributed by atoms with Crippen LogP contribution < -0.4 is 4.90 Å². The van der Waals surface area contributed by atoms with Gasteiger partial charge in [-0.2, -0.15) is 4.99 Å². The normalized spacial score (nSPS) is 26.4. The number of aryl methyl sites for hydroxylation is 2. The number of nitrogens with zero attached hydrogens (tertiary/aromatic N) is 2. The predicted molar refractivity (Wildman–Crippen MR) is 113 cm³/mol. The minimum atomic E-state index is -3.06.